The van der Waals surface area contributed by atoms with Gasteiger partial charge in [0.2, 0.25) is 5.88 Å². The average Bonchev–Trinajstić information content (AvgIpc) is 3.28. The summed E-state index contributed by atoms with van der Waals surface area (Å²) < 4.78 is 20.9. The molecule has 0 amide bonds. The van der Waals surface area contributed by atoms with Crippen molar-refractivity contribution in [3.05, 3.63) is 93.3 Å². The van der Waals surface area contributed by atoms with Crippen molar-refractivity contribution in [2.24, 2.45) is 0 Å². The zero-order valence-corrected chi connectivity index (χ0v) is 20.0. The van der Waals surface area contributed by atoms with E-state index in [1.165, 1.54) is 22.8 Å². The number of hydrogen-bond acceptors (Lipinski definition) is 6. The lowest BCUT2D eigenvalue weighted by molar-refractivity contribution is 0.246. The Kier molecular flexibility index (Phi) is 6.14. The van der Waals surface area contributed by atoms with Crippen LogP contribution in [0, 0.1) is 5.82 Å². The Morgan fingerprint density at radius 1 is 1.11 bits per heavy atom. The Morgan fingerprint density at radius 2 is 1.97 bits per heavy atom. The van der Waals surface area contributed by atoms with Crippen LogP contribution in [-0.4, -0.2) is 43.6 Å². The topological polar surface area (TPSA) is 106 Å². The number of fused-ring (bicyclic) bond motifs is 1. The maximum Gasteiger partial charge on any atom is 0.251 e. The first-order valence-electron chi connectivity index (χ1n) is 10.6. The van der Waals surface area contributed by atoms with Crippen LogP contribution in [0.1, 0.15) is 11.6 Å². The molecule has 0 bridgehead atoms. The molecule has 0 saturated heterocycles. The van der Waals surface area contributed by atoms with E-state index >= 15 is 0 Å². The lowest BCUT2D eigenvalue weighted by Gasteiger charge is -2.19. The van der Waals surface area contributed by atoms with Crippen LogP contribution >= 0.6 is 15.9 Å². The third kappa shape index (κ3) is 4.45. The minimum atomic E-state index is -0.734. The third-order valence-electron chi connectivity index (χ3n) is 5.69. The number of methoxy groups -OCH3 is 1. The van der Waals surface area contributed by atoms with E-state index < -0.39 is 11.9 Å². The van der Waals surface area contributed by atoms with Gasteiger partial charge in [0.15, 0.2) is 0 Å². The van der Waals surface area contributed by atoms with E-state index in [4.69, 9.17) is 4.74 Å². The summed E-state index contributed by atoms with van der Waals surface area (Å²) in [6.45, 7) is -0.367. The summed E-state index contributed by atoms with van der Waals surface area (Å²) in [6, 6.07) is 12.2. The molecule has 0 spiro atoms. The fourth-order valence-corrected chi connectivity index (χ4v) is 4.45. The Bertz CT molecular complexity index is 1560. The molecule has 4 heterocycles. The fraction of sp³-hybridized carbons (Fsp3) is 0.120. The molecule has 0 radical (unpaired) electrons. The molecule has 35 heavy (non-hydrogen) atoms. The lowest BCUT2D eigenvalue weighted by atomic mass is 10.1. The maximum atomic E-state index is 13.9. The maximum absolute atomic E-state index is 13.9. The van der Waals surface area contributed by atoms with Gasteiger partial charge in [-0.1, -0.05) is 15.9 Å². The van der Waals surface area contributed by atoms with E-state index in [-0.39, 0.29) is 12.2 Å². The van der Waals surface area contributed by atoms with Gasteiger partial charge in [0, 0.05) is 45.5 Å². The number of aliphatic hydroxyl groups excluding tert-OH is 1. The van der Waals surface area contributed by atoms with E-state index in [0.717, 1.165) is 16.5 Å². The molecule has 5 rings (SSSR count). The molecule has 8 nitrogen and oxygen atoms in total. The molecule has 0 aliphatic carbocycles. The minimum absolute atomic E-state index is 0.351. The van der Waals surface area contributed by atoms with Gasteiger partial charge in [-0.2, -0.15) is 5.10 Å². The molecular formula is C25H19BrFN5O3. The first kappa shape index (κ1) is 22.9. The van der Waals surface area contributed by atoms with Crippen LogP contribution < -0.4 is 10.3 Å². The van der Waals surface area contributed by atoms with Crippen molar-refractivity contribution in [3.8, 4) is 28.4 Å². The number of pyridine rings is 3. The van der Waals surface area contributed by atoms with Crippen molar-refractivity contribution in [3.63, 3.8) is 0 Å². The van der Waals surface area contributed by atoms with Crippen LogP contribution in [0.3, 0.4) is 0 Å². The first-order chi connectivity index (χ1) is 17.0. The molecule has 0 aliphatic heterocycles. The van der Waals surface area contributed by atoms with Crippen molar-refractivity contribution < 1.29 is 14.2 Å². The normalized spacial score (nSPS) is 12.1. The van der Waals surface area contributed by atoms with Gasteiger partial charge in [-0.25, -0.2) is 9.37 Å². The zero-order valence-electron chi connectivity index (χ0n) is 18.4. The highest BCUT2D eigenvalue weighted by Gasteiger charge is 2.17. The van der Waals surface area contributed by atoms with Crippen LogP contribution in [0.5, 0.6) is 5.88 Å². The van der Waals surface area contributed by atoms with Crippen molar-refractivity contribution in [1.29, 1.82) is 0 Å². The molecular weight excluding hydrogens is 517 g/mol. The summed E-state index contributed by atoms with van der Waals surface area (Å²) in [7, 11) is 1.55. The van der Waals surface area contributed by atoms with Gasteiger partial charge in [0.25, 0.3) is 5.56 Å². The van der Waals surface area contributed by atoms with Gasteiger partial charge in [-0.05, 0) is 42.0 Å². The third-order valence-corrected chi connectivity index (χ3v) is 6.15. The standard InChI is InChI=1S/C25H19BrFN5O3/c1-35-23-3-2-15(11-29-23)25-19-10-20(28-12-21(19)30-31-25)14-4-5-32(24(34)8-14)22(13-33)16-6-17(26)9-18(27)7-16/h2-12,22,33H,13H2,1H3,(H,30,31)/t22-/m1/s1. The minimum Gasteiger partial charge on any atom is -0.481 e. The van der Waals surface area contributed by atoms with Gasteiger partial charge >= 0.3 is 0 Å². The van der Waals surface area contributed by atoms with Gasteiger partial charge in [0.1, 0.15) is 11.5 Å². The zero-order chi connectivity index (χ0) is 24.5. The second-order valence-corrected chi connectivity index (χ2v) is 8.75. The van der Waals surface area contributed by atoms with E-state index in [0.29, 0.717) is 32.9 Å². The Morgan fingerprint density at radius 3 is 2.66 bits per heavy atom. The Labute approximate surface area is 207 Å². The van der Waals surface area contributed by atoms with Crippen molar-refractivity contribution in [2.75, 3.05) is 13.7 Å². The summed E-state index contributed by atoms with van der Waals surface area (Å²) in [5.41, 5.74) is 3.55. The van der Waals surface area contributed by atoms with E-state index in [1.807, 2.05) is 12.1 Å². The molecule has 0 unspecified atom stereocenters. The molecule has 0 aliphatic rings. The van der Waals surface area contributed by atoms with E-state index in [1.54, 1.807) is 43.9 Å². The largest absolute Gasteiger partial charge is 0.481 e. The SMILES string of the molecule is COc1ccc(-c2n[nH]c3cnc(-c4ccn([C@H](CO)c5cc(F)cc(Br)c5)c(=O)c4)cc23)cn1. The van der Waals surface area contributed by atoms with Gasteiger partial charge in [-0.15, -0.1) is 0 Å². The number of aromatic amines is 1. The molecule has 1 aromatic carbocycles. The molecule has 10 heteroatoms. The average molecular weight is 536 g/mol. The highest BCUT2D eigenvalue weighted by atomic mass is 79.9. The number of H-pyrrole nitrogens is 1. The molecule has 176 valence electrons. The Balaban J connectivity index is 1.52. The summed E-state index contributed by atoms with van der Waals surface area (Å²) in [4.78, 5) is 21.7. The van der Waals surface area contributed by atoms with Crippen molar-refractivity contribution in [1.82, 2.24) is 24.7 Å². The fourth-order valence-electron chi connectivity index (χ4n) is 3.96. The highest BCUT2D eigenvalue weighted by molar-refractivity contribution is 9.10. The predicted octanol–water partition coefficient (Wildman–Crippen LogP) is 4.34. The van der Waals surface area contributed by atoms with E-state index in [2.05, 4.69) is 36.1 Å². The number of benzene rings is 1. The molecule has 2 N–H and O–H groups in total. The number of nitrogens with zero attached hydrogens (tertiary/aromatic N) is 4. The molecule has 5 aromatic rings. The van der Waals surface area contributed by atoms with Crippen LogP contribution in [0.25, 0.3) is 33.4 Å². The molecule has 1 atom stereocenters. The number of halogens is 2. The number of aromatic nitrogens is 5. The lowest BCUT2D eigenvalue weighted by Crippen LogP contribution is -2.27. The first-order valence-corrected chi connectivity index (χ1v) is 11.4. The monoisotopic (exact) mass is 535 g/mol. The number of rotatable bonds is 6. The molecule has 4 aromatic heterocycles. The van der Waals surface area contributed by atoms with Crippen LogP contribution in [-0.2, 0) is 0 Å². The number of ether oxygens (including phenoxy) is 1. The van der Waals surface area contributed by atoms with E-state index in [9.17, 15) is 14.3 Å². The van der Waals surface area contributed by atoms with Gasteiger partial charge < -0.3 is 14.4 Å². The second kappa shape index (κ2) is 9.40. The van der Waals surface area contributed by atoms with Gasteiger partial charge in [0.05, 0.1) is 37.2 Å². The summed E-state index contributed by atoms with van der Waals surface area (Å²) in [5.74, 6) is 0.0428. The summed E-state index contributed by atoms with van der Waals surface area (Å²) >= 11 is 3.25. The summed E-state index contributed by atoms with van der Waals surface area (Å²) in [6.07, 6.45) is 4.91. The highest BCUT2D eigenvalue weighted by Crippen LogP contribution is 2.29. The Hall–Kier alpha value is -3.89. The van der Waals surface area contributed by atoms with Crippen LogP contribution in [0.4, 0.5) is 4.39 Å². The predicted molar refractivity (Wildman–Crippen MR) is 133 cm³/mol. The van der Waals surface area contributed by atoms with Crippen LogP contribution in [0.2, 0.25) is 0 Å². The number of nitrogens with one attached hydrogen (secondary N) is 1. The van der Waals surface area contributed by atoms with Crippen molar-refractivity contribution in [2.45, 2.75) is 6.04 Å². The molecule has 0 saturated carbocycles. The smallest absolute Gasteiger partial charge is 0.251 e. The second-order valence-electron chi connectivity index (χ2n) is 7.84. The van der Waals surface area contributed by atoms with Gasteiger partial charge in [-0.3, -0.25) is 14.9 Å². The summed E-state index contributed by atoms with van der Waals surface area (Å²) in [5, 5.41) is 18.1. The number of hydrogen-bond donors (Lipinski definition) is 2. The quantitative estimate of drug-likeness (QED) is 0.335. The van der Waals surface area contributed by atoms with Crippen molar-refractivity contribution >= 4 is 26.8 Å². The number of aliphatic hydroxyl groups is 1. The molecule has 0 fully saturated rings. The van der Waals surface area contributed by atoms with Crippen LogP contribution in [0.15, 0.2) is 76.4 Å².